The average molecular weight is 235 g/mol. The van der Waals surface area contributed by atoms with E-state index in [0.717, 1.165) is 24.6 Å². The molecule has 0 aromatic heterocycles. The number of rotatable bonds is 4. The summed E-state index contributed by atoms with van der Waals surface area (Å²) >= 11 is 0. The maximum absolute atomic E-state index is 5.93. The standard InChI is InChI=1S/C15H25NO/c1-4-6-12-8-14-15(9-13(12)7-5-2)17-11(3)10-16-14/h9,11-12,16H,4-8,10H2,1-3H3/t11?,12-/m1/s1. The lowest BCUT2D eigenvalue weighted by Crippen LogP contribution is -2.35. The summed E-state index contributed by atoms with van der Waals surface area (Å²) in [5, 5.41) is 3.53. The van der Waals surface area contributed by atoms with Crippen molar-refractivity contribution in [3.63, 3.8) is 0 Å². The molecule has 1 unspecified atom stereocenters. The summed E-state index contributed by atoms with van der Waals surface area (Å²) < 4.78 is 5.93. The van der Waals surface area contributed by atoms with Crippen LogP contribution in [0.1, 0.15) is 52.9 Å². The van der Waals surface area contributed by atoms with Gasteiger partial charge in [-0.25, -0.2) is 0 Å². The molecule has 2 nitrogen and oxygen atoms in total. The van der Waals surface area contributed by atoms with Crippen LogP contribution in [0.15, 0.2) is 23.1 Å². The fraction of sp³-hybridized carbons (Fsp3) is 0.733. The summed E-state index contributed by atoms with van der Waals surface area (Å²) in [5.41, 5.74) is 2.94. The largest absolute Gasteiger partial charge is 0.487 e. The molecule has 17 heavy (non-hydrogen) atoms. The topological polar surface area (TPSA) is 21.3 Å². The van der Waals surface area contributed by atoms with Crippen LogP contribution < -0.4 is 5.32 Å². The monoisotopic (exact) mass is 235 g/mol. The highest BCUT2D eigenvalue weighted by Crippen LogP contribution is 2.35. The molecule has 1 aliphatic heterocycles. The van der Waals surface area contributed by atoms with Crippen LogP contribution in [0.2, 0.25) is 0 Å². The van der Waals surface area contributed by atoms with Gasteiger partial charge in [0, 0.05) is 0 Å². The molecular formula is C15H25NO. The molecule has 0 saturated carbocycles. The summed E-state index contributed by atoms with van der Waals surface area (Å²) in [4.78, 5) is 0. The molecule has 0 fully saturated rings. The van der Waals surface area contributed by atoms with E-state index in [9.17, 15) is 0 Å². The number of ether oxygens (including phenoxy) is 1. The van der Waals surface area contributed by atoms with E-state index in [1.165, 1.54) is 31.4 Å². The van der Waals surface area contributed by atoms with Crippen molar-refractivity contribution >= 4 is 0 Å². The van der Waals surface area contributed by atoms with Gasteiger partial charge in [-0.3, -0.25) is 0 Å². The molecule has 1 N–H and O–H groups in total. The normalized spacial score (nSPS) is 28.1. The molecule has 0 saturated heterocycles. The minimum Gasteiger partial charge on any atom is -0.487 e. The van der Waals surface area contributed by atoms with Gasteiger partial charge in [0.2, 0.25) is 0 Å². The molecule has 0 radical (unpaired) electrons. The lowest BCUT2D eigenvalue weighted by molar-refractivity contribution is 0.116. The van der Waals surface area contributed by atoms with Gasteiger partial charge < -0.3 is 10.1 Å². The Morgan fingerprint density at radius 2 is 2.18 bits per heavy atom. The summed E-state index contributed by atoms with van der Waals surface area (Å²) in [5.74, 6) is 1.85. The van der Waals surface area contributed by atoms with Crippen molar-refractivity contribution in [1.82, 2.24) is 5.32 Å². The molecule has 0 spiro atoms. The zero-order valence-electron chi connectivity index (χ0n) is 11.4. The number of hydrogen-bond acceptors (Lipinski definition) is 2. The molecule has 0 bridgehead atoms. The second-order valence-corrected chi connectivity index (χ2v) is 5.31. The lowest BCUT2D eigenvalue weighted by atomic mass is 9.83. The van der Waals surface area contributed by atoms with Crippen LogP contribution in [0.5, 0.6) is 0 Å². The van der Waals surface area contributed by atoms with Gasteiger partial charge in [0.15, 0.2) is 0 Å². The van der Waals surface area contributed by atoms with E-state index in [1.54, 1.807) is 5.57 Å². The molecule has 96 valence electrons. The number of nitrogens with one attached hydrogen (secondary N) is 1. The van der Waals surface area contributed by atoms with Gasteiger partial charge in [-0.15, -0.1) is 0 Å². The fourth-order valence-electron chi connectivity index (χ4n) is 2.84. The number of allylic oxidation sites excluding steroid dienone is 3. The van der Waals surface area contributed by atoms with Crippen molar-refractivity contribution in [2.75, 3.05) is 6.54 Å². The molecule has 1 heterocycles. The SMILES string of the molecule is CCCC1=CC2=C(C[C@H]1CCC)NCC(C)O2. The van der Waals surface area contributed by atoms with Crippen molar-refractivity contribution in [1.29, 1.82) is 0 Å². The zero-order chi connectivity index (χ0) is 12.3. The maximum atomic E-state index is 5.93. The first-order valence-electron chi connectivity index (χ1n) is 7.08. The van der Waals surface area contributed by atoms with E-state index in [0.29, 0.717) is 6.10 Å². The van der Waals surface area contributed by atoms with Gasteiger partial charge in [-0.1, -0.05) is 32.3 Å². The van der Waals surface area contributed by atoms with E-state index >= 15 is 0 Å². The average Bonchev–Trinajstić information content (AvgIpc) is 2.31. The zero-order valence-corrected chi connectivity index (χ0v) is 11.4. The Labute approximate surface area is 105 Å². The summed E-state index contributed by atoms with van der Waals surface area (Å²) in [7, 11) is 0. The minimum atomic E-state index is 0.301. The molecule has 0 aromatic carbocycles. The van der Waals surface area contributed by atoms with Crippen LogP contribution in [0.25, 0.3) is 0 Å². The highest BCUT2D eigenvalue weighted by molar-refractivity contribution is 5.32. The van der Waals surface area contributed by atoms with Gasteiger partial charge in [0.1, 0.15) is 11.9 Å². The third kappa shape index (κ3) is 2.85. The highest BCUT2D eigenvalue weighted by Gasteiger charge is 2.26. The molecule has 2 heteroatoms. The molecular weight excluding hydrogens is 210 g/mol. The molecule has 2 atom stereocenters. The van der Waals surface area contributed by atoms with Gasteiger partial charge in [-0.05, 0) is 38.2 Å². The Hall–Kier alpha value is -0.920. The van der Waals surface area contributed by atoms with Crippen LogP contribution in [-0.4, -0.2) is 12.6 Å². The second-order valence-electron chi connectivity index (χ2n) is 5.31. The van der Waals surface area contributed by atoms with Gasteiger partial charge in [-0.2, -0.15) is 0 Å². The van der Waals surface area contributed by atoms with E-state index < -0.39 is 0 Å². The third-order valence-corrected chi connectivity index (χ3v) is 3.70. The van der Waals surface area contributed by atoms with Crippen LogP contribution in [-0.2, 0) is 4.74 Å². The fourth-order valence-corrected chi connectivity index (χ4v) is 2.84. The van der Waals surface area contributed by atoms with Crippen LogP contribution in [0.3, 0.4) is 0 Å². The van der Waals surface area contributed by atoms with Crippen LogP contribution >= 0.6 is 0 Å². The van der Waals surface area contributed by atoms with Crippen molar-refractivity contribution in [2.24, 2.45) is 5.92 Å². The maximum Gasteiger partial charge on any atom is 0.138 e. The first-order valence-corrected chi connectivity index (χ1v) is 7.08. The summed E-state index contributed by atoms with van der Waals surface area (Å²) in [6.07, 6.45) is 8.80. The van der Waals surface area contributed by atoms with Crippen molar-refractivity contribution in [2.45, 2.75) is 59.0 Å². The van der Waals surface area contributed by atoms with E-state index in [-0.39, 0.29) is 0 Å². The van der Waals surface area contributed by atoms with Crippen molar-refractivity contribution in [3.05, 3.63) is 23.1 Å². The molecule has 2 rings (SSSR count). The van der Waals surface area contributed by atoms with Crippen LogP contribution in [0.4, 0.5) is 0 Å². The first-order chi connectivity index (χ1) is 8.24. The van der Waals surface area contributed by atoms with E-state index in [4.69, 9.17) is 4.74 Å². The lowest BCUT2D eigenvalue weighted by Gasteiger charge is -2.33. The van der Waals surface area contributed by atoms with Crippen LogP contribution in [0, 0.1) is 5.92 Å². The Kier molecular flexibility index (Phi) is 4.14. The Morgan fingerprint density at radius 3 is 2.88 bits per heavy atom. The summed E-state index contributed by atoms with van der Waals surface area (Å²) in [6, 6.07) is 0. The Morgan fingerprint density at radius 1 is 1.35 bits per heavy atom. The minimum absolute atomic E-state index is 0.301. The van der Waals surface area contributed by atoms with Crippen molar-refractivity contribution in [3.8, 4) is 0 Å². The quantitative estimate of drug-likeness (QED) is 0.801. The summed E-state index contributed by atoms with van der Waals surface area (Å²) in [6.45, 7) is 7.62. The predicted molar refractivity (Wildman–Crippen MR) is 71.6 cm³/mol. The van der Waals surface area contributed by atoms with Gasteiger partial charge in [0.05, 0.1) is 12.2 Å². The van der Waals surface area contributed by atoms with Gasteiger partial charge in [0.25, 0.3) is 0 Å². The predicted octanol–water partition coefficient (Wildman–Crippen LogP) is 3.75. The molecule has 0 aromatic rings. The molecule has 2 aliphatic rings. The smallest absolute Gasteiger partial charge is 0.138 e. The van der Waals surface area contributed by atoms with Crippen molar-refractivity contribution < 1.29 is 4.74 Å². The Bertz CT molecular complexity index is 330. The van der Waals surface area contributed by atoms with Gasteiger partial charge >= 0.3 is 0 Å². The second kappa shape index (κ2) is 5.61. The molecule has 0 amide bonds. The van der Waals surface area contributed by atoms with E-state index in [2.05, 4.69) is 32.2 Å². The Balaban J connectivity index is 2.16. The third-order valence-electron chi connectivity index (χ3n) is 3.70. The number of hydrogen-bond donors (Lipinski definition) is 1. The molecule has 1 aliphatic carbocycles. The highest BCUT2D eigenvalue weighted by atomic mass is 16.5. The van der Waals surface area contributed by atoms with E-state index in [1.807, 2.05) is 0 Å². The first kappa shape index (κ1) is 12.5.